The number of alkyl halides is 1. The molecular weight excluding hydrogens is 148 g/mol. The van der Waals surface area contributed by atoms with E-state index in [4.69, 9.17) is 11.6 Å². The molecule has 1 aliphatic carbocycles. The SMILES string of the molecule is CC1([Si](C)(C)C)CC1Cl. The highest BCUT2D eigenvalue weighted by Gasteiger charge is 2.57. The van der Waals surface area contributed by atoms with Crippen molar-refractivity contribution in [3.63, 3.8) is 0 Å². The first-order valence-corrected chi connectivity index (χ1v) is 7.46. The van der Waals surface area contributed by atoms with Crippen molar-refractivity contribution in [2.24, 2.45) is 0 Å². The van der Waals surface area contributed by atoms with E-state index in [0.717, 1.165) is 0 Å². The summed E-state index contributed by atoms with van der Waals surface area (Å²) >= 11 is 6.01. The average molecular weight is 163 g/mol. The van der Waals surface area contributed by atoms with Crippen LogP contribution in [0.4, 0.5) is 0 Å². The lowest BCUT2D eigenvalue weighted by molar-refractivity contribution is 0.948. The lowest BCUT2D eigenvalue weighted by Gasteiger charge is -2.24. The minimum Gasteiger partial charge on any atom is -0.123 e. The van der Waals surface area contributed by atoms with Crippen LogP contribution in [0.2, 0.25) is 24.7 Å². The zero-order valence-electron chi connectivity index (χ0n) is 6.66. The Kier molecular flexibility index (Phi) is 1.49. The van der Waals surface area contributed by atoms with Crippen molar-refractivity contribution in [1.29, 1.82) is 0 Å². The highest BCUT2D eigenvalue weighted by Crippen LogP contribution is 2.63. The Morgan fingerprint density at radius 2 is 1.78 bits per heavy atom. The Morgan fingerprint density at radius 3 is 1.78 bits per heavy atom. The molecule has 2 heteroatoms. The molecule has 1 rings (SSSR count). The maximum atomic E-state index is 6.01. The van der Waals surface area contributed by atoms with Crippen molar-refractivity contribution in [2.75, 3.05) is 0 Å². The van der Waals surface area contributed by atoms with E-state index in [1.54, 1.807) is 0 Å². The fraction of sp³-hybridized carbons (Fsp3) is 1.00. The van der Waals surface area contributed by atoms with Gasteiger partial charge in [-0.3, -0.25) is 0 Å². The molecule has 0 spiro atoms. The molecule has 1 fully saturated rings. The van der Waals surface area contributed by atoms with E-state index in [9.17, 15) is 0 Å². The van der Waals surface area contributed by atoms with Gasteiger partial charge in [-0.2, -0.15) is 0 Å². The van der Waals surface area contributed by atoms with Crippen LogP contribution in [0, 0.1) is 0 Å². The molecule has 9 heavy (non-hydrogen) atoms. The van der Waals surface area contributed by atoms with Gasteiger partial charge >= 0.3 is 0 Å². The summed E-state index contributed by atoms with van der Waals surface area (Å²) in [6.45, 7) is 9.52. The van der Waals surface area contributed by atoms with Crippen molar-refractivity contribution in [1.82, 2.24) is 0 Å². The highest BCUT2D eigenvalue weighted by atomic mass is 35.5. The maximum Gasteiger partial charge on any atom is 0.0521 e. The van der Waals surface area contributed by atoms with Gasteiger partial charge in [0.1, 0.15) is 0 Å². The first-order valence-electron chi connectivity index (χ1n) is 3.52. The third-order valence-corrected chi connectivity index (χ3v) is 7.65. The zero-order valence-corrected chi connectivity index (χ0v) is 8.42. The maximum absolute atomic E-state index is 6.01. The Morgan fingerprint density at radius 1 is 1.44 bits per heavy atom. The quantitative estimate of drug-likeness (QED) is 0.411. The second kappa shape index (κ2) is 1.76. The Balaban J connectivity index is 2.64. The van der Waals surface area contributed by atoms with Crippen molar-refractivity contribution in [2.45, 2.75) is 43.4 Å². The van der Waals surface area contributed by atoms with Crippen LogP contribution in [0.15, 0.2) is 0 Å². The molecule has 2 unspecified atom stereocenters. The summed E-state index contributed by atoms with van der Waals surface area (Å²) < 4.78 is 0. The summed E-state index contributed by atoms with van der Waals surface area (Å²) in [5.74, 6) is 0. The molecule has 0 aromatic rings. The lowest BCUT2D eigenvalue weighted by Crippen LogP contribution is -2.28. The van der Waals surface area contributed by atoms with Gasteiger partial charge in [0.2, 0.25) is 0 Å². The molecule has 1 saturated carbocycles. The Labute approximate surface area is 63.6 Å². The smallest absolute Gasteiger partial charge is 0.0521 e. The molecule has 2 atom stereocenters. The van der Waals surface area contributed by atoms with Crippen LogP contribution in [0.1, 0.15) is 13.3 Å². The molecule has 0 saturated heterocycles. The van der Waals surface area contributed by atoms with Gasteiger partial charge in [-0.15, -0.1) is 11.6 Å². The minimum atomic E-state index is -0.943. The topological polar surface area (TPSA) is 0 Å². The standard InChI is InChI=1S/C7H15ClSi/c1-7(5-6(7)8)9(2,3)4/h6H,5H2,1-4H3. The largest absolute Gasteiger partial charge is 0.123 e. The van der Waals surface area contributed by atoms with E-state index >= 15 is 0 Å². The van der Waals surface area contributed by atoms with E-state index in [1.807, 2.05) is 0 Å². The molecule has 0 N–H and O–H groups in total. The molecule has 0 heterocycles. The average Bonchev–Trinajstić information content (AvgIpc) is 2.13. The monoisotopic (exact) mass is 162 g/mol. The third-order valence-electron chi connectivity index (χ3n) is 2.85. The van der Waals surface area contributed by atoms with Crippen molar-refractivity contribution >= 4 is 19.7 Å². The van der Waals surface area contributed by atoms with Gasteiger partial charge in [-0.05, 0) is 11.5 Å². The first kappa shape index (κ1) is 7.61. The second-order valence-corrected chi connectivity index (χ2v) is 10.5. The molecular formula is C7H15ClSi. The molecule has 1 aliphatic rings. The van der Waals surface area contributed by atoms with E-state index in [-0.39, 0.29) is 0 Å². The Bertz CT molecular complexity index is 127. The first-order chi connectivity index (χ1) is 3.88. The van der Waals surface area contributed by atoms with Crippen molar-refractivity contribution in [3.8, 4) is 0 Å². The van der Waals surface area contributed by atoms with Crippen LogP contribution in [-0.4, -0.2) is 13.5 Å². The molecule has 0 aromatic carbocycles. The van der Waals surface area contributed by atoms with Gasteiger partial charge < -0.3 is 0 Å². The summed E-state index contributed by atoms with van der Waals surface area (Å²) in [4.78, 5) is 0. The van der Waals surface area contributed by atoms with Crippen molar-refractivity contribution in [3.05, 3.63) is 0 Å². The minimum absolute atomic E-state index is 0.490. The van der Waals surface area contributed by atoms with Gasteiger partial charge in [-0.25, -0.2) is 0 Å². The van der Waals surface area contributed by atoms with Gasteiger partial charge in [0, 0.05) is 5.38 Å². The predicted octanol–water partition coefficient (Wildman–Crippen LogP) is 3.10. The molecule has 0 aromatic heterocycles. The van der Waals surface area contributed by atoms with E-state index in [2.05, 4.69) is 26.6 Å². The molecule has 0 amide bonds. The van der Waals surface area contributed by atoms with Gasteiger partial charge in [-0.1, -0.05) is 26.6 Å². The van der Waals surface area contributed by atoms with Gasteiger partial charge in [0.05, 0.1) is 8.07 Å². The van der Waals surface area contributed by atoms with Crippen molar-refractivity contribution < 1.29 is 0 Å². The normalized spacial score (nSPS) is 43.0. The van der Waals surface area contributed by atoms with Crippen LogP contribution in [0.5, 0.6) is 0 Å². The fourth-order valence-electron chi connectivity index (χ4n) is 1.09. The van der Waals surface area contributed by atoms with E-state index in [0.29, 0.717) is 10.4 Å². The van der Waals surface area contributed by atoms with E-state index < -0.39 is 8.07 Å². The lowest BCUT2D eigenvalue weighted by atomic mass is 10.5. The fourth-order valence-corrected chi connectivity index (χ4v) is 4.28. The molecule has 0 bridgehead atoms. The van der Waals surface area contributed by atoms with Crippen LogP contribution in [0.3, 0.4) is 0 Å². The zero-order chi connectivity index (χ0) is 7.28. The van der Waals surface area contributed by atoms with Crippen LogP contribution >= 0.6 is 11.6 Å². The Hall–Kier alpha value is 0.507. The summed E-state index contributed by atoms with van der Waals surface area (Å²) in [6, 6.07) is 0. The van der Waals surface area contributed by atoms with Crippen LogP contribution in [0.25, 0.3) is 0 Å². The summed E-state index contributed by atoms with van der Waals surface area (Å²) in [7, 11) is -0.943. The van der Waals surface area contributed by atoms with Gasteiger partial charge in [0.15, 0.2) is 0 Å². The van der Waals surface area contributed by atoms with Crippen LogP contribution < -0.4 is 0 Å². The number of halogens is 1. The third kappa shape index (κ3) is 1.05. The summed E-state index contributed by atoms with van der Waals surface area (Å²) in [6.07, 6.45) is 1.25. The van der Waals surface area contributed by atoms with E-state index in [1.165, 1.54) is 6.42 Å². The second-order valence-electron chi connectivity index (χ2n) is 4.34. The van der Waals surface area contributed by atoms with Gasteiger partial charge in [0.25, 0.3) is 0 Å². The predicted molar refractivity (Wildman–Crippen MR) is 46.0 cm³/mol. The summed E-state index contributed by atoms with van der Waals surface area (Å²) in [5.41, 5.74) is 0. The number of hydrogen-bond donors (Lipinski definition) is 0. The molecule has 0 nitrogen and oxygen atoms in total. The van der Waals surface area contributed by atoms with Crippen LogP contribution in [-0.2, 0) is 0 Å². The molecule has 0 aliphatic heterocycles. The number of rotatable bonds is 1. The highest BCUT2D eigenvalue weighted by molar-refractivity contribution is 6.81. The number of hydrogen-bond acceptors (Lipinski definition) is 0. The molecule has 54 valence electrons. The summed E-state index contributed by atoms with van der Waals surface area (Å²) in [5, 5.41) is 1.04. The molecule has 0 radical (unpaired) electrons.